The van der Waals surface area contributed by atoms with Gasteiger partial charge in [0.05, 0.1) is 25.7 Å². The molecule has 0 saturated carbocycles. The summed E-state index contributed by atoms with van der Waals surface area (Å²) in [5.74, 6) is 2.87. The predicted octanol–water partition coefficient (Wildman–Crippen LogP) is -0.222. The monoisotopic (exact) mass is 279 g/mol. The summed E-state index contributed by atoms with van der Waals surface area (Å²) >= 11 is 0. The topological polar surface area (TPSA) is 44.8 Å². The van der Waals surface area contributed by atoms with Gasteiger partial charge in [0.15, 0.2) is 0 Å². The van der Waals surface area contributed by atoms with Crippen molar-refractivity contribution >= 4 is 5.91 Å². The van der Waals surface area contributed by atoms with Crippen molar-refractivity contribution in [1.82, 2.24) is 15.1 Å². The summed E-state index contributed by atoms with van der Waals surface area (Å²) in [6, 6.07) is 0.172. The number of terminal acetylenes is 1. The van der Waals surface area contributed by atoms with Gasteiger partial charge in [-0.1, -0.05) is 12.8 Å². The van der Waals surface area contributed by atoms with Crippen LogP contribution in [-0.4, -0.2) is 74.2 Å². The number of hydrogen-bond acceptors (Lipinski definition) is 4. The minimum absolute atomic E-state index is 0.0271. The van der Waals surface area contributed by atoms with Crippen LogP contribution in [0.1, 0.15) is 13.3 Å². The van der Waals surface area contributed by atoms with Gasteiger partial charge in [0.25, 0.3) is 0 Å². The molecule has 1 amide bonds. The maximum atomic E-state index is 12.6. The molecule has 2 aliphatic rings. The molecule has 0 bridgehead atoms. The highest BCUT2D eigenvalue weighted by atomic mass is 16.5. The van der Waals surface area contributed by atoms with Crippen molar-refractivity contribution in [3.63, 3.8) is 0 Å². The van der Waals surface area contributed by atoms with Crippen molar-refractivity contribution in [2.45, 2.75) is 19.4 Å². The van der Waals surface area contributed by atoms with E-state index in [4.69, 9.17) is 11.2 Å². The van der Waals surface area contributed by atoms with E-state index in [-0.39, 0.29) is 17.9 Å². The third-order valence-electron chi connectivity index (χ3n) is 4.05. The molecule has 0 aliphatic carbocycles. The number of rotatable bonds is 5. The Morgan fingerprint density at radius 1 is 1.35 bits per heavy atom. The summed E-state index contributed by atoms with van der Waals surface area (Å²) < 4.78 is 5.49. The van der Waals surface area contributed by atoms with Crippen LogP contribution in [0.2, 0.25) is 0 Å². The number of nitrogens with zero attached hydrogens (tertiary/aromatic N) is 2. The van der Waals surface area contributed by atoms with E-state index < -0.39 is 0 Å². The maximum Gasteiger partial charge on any atom is 0.229 e. The SMILES string of the molecule is C#CCN1CCN(C(=O)C2COCC2NCCC)CC1. The highest BCUT2D eigenvalue weighted by molar-refractivity contribution is 5.80. The van der Waals surface area contributed by atoms with Crippen LogP contribution in [-0.2, 0) is 9.53 Å². The van der Waals surface area contributed by atoms with Crippen molar-refractivity contribution < 1.29 is 9.53 Å². The van der Waals surface area contributed by atoms with Crippen LogP contribution in [0.4, 0.5) is 0 Å². The molecule has 2 rings (SSSR count). The van der Waals surface area contributed by atoms with Gasteiger partial charge in [0, 0.05) is 32.2 Å². The lowest BCUT2D eigenvalue weighted by atomic mass is 10.0. The molecule has 0 radical (unpaired) electrons. The van der Waals surface area contributed by atoms with Crippen LogP contribution in [0, 0.1) is 18.3 Å². The van der Waals surface area contributed by atoms with Gasteiger partial charge in [-0.15, -0.1) is 6.42 Å². The lowest BCUT2D eigenvalue weighted by Gasteiger charge is -2.35. The fraction of sp³-hybridized carbons (Fsp3) is 0.800. The molecule has 1 N–H and O–H groups in total. The zero-order valence-corrected chi connectivity index (χ0v) is 12.3. The van der Waals surface area contributed by atoms with Crippen molar-refractivity contribution in [2.75, 3.05) is 52.5 Å². The second-order valence-corrected chi connectivity index (χ2v) is 5.51. The molecule has 0 aromatic rings. The summed E-state index contributed by atoms with van der Waals surface area (Å²) in [5, 5.41) is 3.42. The fourth-order valence-corrected chi connectivity index (χ4v) is 2.82. The molecule has 0 aromatic carbocycles. The molecule has 112 valence electrons. The number of hydrogen-bond donors (Lipinski definition) is 1. The zero-order chi connectivity index (χ0) is 14.4. The van der Waals surface area contributed by atoms with Gasteiger partial charge in [-0.25, -0.2) is 0 Å². The Bertz CT molecular complexity index is 359. The van der Waals surface area contributed by atoms with Gasteiger partial charge in [-0.2, -0.15) is 0 Å². The van der Waals surface area contributed by atoms with Crippen LogP contribution in [0.15, 0.2) is 0 Å². The number of carbonyl (C=O) groups is 1. The van der Waals surface area contributed by atoms with E-state index in [1.807, 2.05) is 4.90 Å². The van der Waals surface area contributed by atoms with Gasteiger partial charge in [0.1, 0.15) is 0 Å². The molecule has 2 unspecified atom stereocenters. The van der Waals surface area contributed by atoms with Gasteiger partial charge in [-0.05, 0) is 13.0 Å². The lowest BCUT2D eigenvalue weighted by Crippen LogP contribution is -2.53. The normalized spacial score (nSPS) is 27.5. The molecule has 0 aromatic heterocycles. The van der Waals surface area contributed by atoms with Crippen LogP contribution in [0.25, 0.3) is 0 Å². The molecule has 0 spiro atoms. The van der Waals surface area contributed by atoms with Gasteiger partial charge in [0.2, 0.25) is 5.91 Å². The Morgan fingerprint density at radius 2 is 2.10 bits per heavy atom. The summed E-state index contributed by atoms with van der Waals surface area (Å²) in [4.78, 5) is 16.8. The number of amides is 1. The molecule has 20 heavy (non-hydrogen) atoms. The van der Waals surface area contributed by atoms with Crippen LogP contribution < -0.4 is 5.32 Å². The Labute approximate surface area is 121 Å². The van der Waals surface area contributed by atoms with E-state index in [2.05, 4.69) is 23.1 Å². The Morgan fingerprint density at radius 3 is 2.75 bits per heavy atom. The number of piperazine rings is 1. The van der Waals surface area contributed by atoms with Gasteiger partial charge >= 0.3 is 0 Å². The molecule has 5 nitrogen and oxygen atoms in total. The van der Waals surface area contributed by atoms with Gasteiger partial charge in [-0.3, -0.25) is 9.69 Å². The smallest absolute Gasteiger partial charge is 0.229 e. The first kappa shape index (κ1) is 15.3. The Hall–Kier alpha value is -1.09. The minimum atomic E-state index is -0.0271. The van der Waals surface area contributed by atoms with E-state index >= 15 is 0 Å². The number of carbonyl (C=O) groups excluding carboxylic acids is 1. The lowest BCUT2D eigenvalue weighted by molar-refractivity contribution is -0.137. The van der Waals surface area contributed by atoms with Crippen molar-refractivity contribution in [2.24, 2.45) is 5.92 Å². The summed E-state index contributed by atoms with van der Waals surface area (Å²) in [6.07, 6.45) is 6.39. The van der Waals surface area contributed by atoms with Crippen LogP contribution in [0.5, 0.6) is 0 Å². The molecular weight excluding hydrogens is 254 g/mol. The highest BCUT2D eigenvalue weighted by Gasteiger charge is 2.36. The highest BCUT2D eigenvalue weighted by Crippen LogP contribution is 2.18. The van der Waals surface area contributed by atoms with E-state index in [1.165, 1.54) is 0 Å². The molecule has 2 heterocycles. The van der Waals surface area contributed by atoms with E-state index in [0.29, 0.717) is 19.8 Å². The van der Waals surface area contributed by atoms with Crippen LogP contribution in [0.3, 0.4) is 0 Å². The Kier molecular flexibility index (Phi) is 5.84. The Balaban J connectivity index is 1.83. The molecule has 2 atom stereocenters. The third-order valence-corrected chi connectivity index (χ3v) is 4.05. The second-order valence-electron chi connectivity index (χ2n) is 5.51. The molecule has 2 saturated heterocycles. The maximum absolute atomic E-state index is 12.6. The van der Waals surface area contributed by atoms with Crippen molar-refractivity contribution in [3.05, 3.63) is 0 Å². The second kappa shape index (κ2) is 7.63. The number of nitrogens with one attached hydrogen (secondary N) is 1. The van der Waals surface area contributed by atoms with Gasteiger partial charge < -0.3 is 15.0 Å². The van der Waals surface area contributed by atoms with E-state index in [0.717, 1.165) is 39.1 Å². The fourth-order valence-electron chi connectivity index (χ4n) is 2.82. The minimum Gasteiger partial charge on any atom is -0.379 e. The molecule has 2 fully saturated rings. The first-order valence-corrected chi connectivity index (χ1v) is 7.52. The predicted molar refractivity (Wildman–Crippen MR) is 78.2 cm³/mol. The molecule has 2 aliphatic heterocycles. The quantitative estimate of drug-likeness (QED) is 0.707. The van der Waals surface area contributed by atoms with Crippen molar-refractivity contribution in [3.8, 4) is 12.3 Å². The molecule has 5 heteroatoms. The van der Waals surface area contributed by atoms with E-state index in [9.17, 15) is 4.79 Å². The van der Waals surface area contributed by atoms with E-state index in [1.54, 1.807) is 0 Å². The molecular formula is C15H25N3O2. The largest absolute Gasteiger partial charge is 0.379 e. The number of ether oxygens (including phenoxy) is 1. The summed E-state index contributed by atoms with van der Waals surface area (Å²) in [5.41, 5.74) is 0. The average molecular weight is 279 g/mol. The first-order valence-electron chi connectivity index (χ1n) is 7.52. The third kappa shape index (κ3) is 3.72. The summed E-state index contributed by atoms with van der Waals surface area (Å²) in [7, 11) is 0. The van der Waals surface area contributed by atoms with Crippen molar-refractivity contribution in [1.29, 1.82) is 0 Å². The first-order chi connectivity index (χ1) is 9.76. The standard InChI is InChI=1S/C15H25N3O2/c1-3-5-16-14-12-20-11-13(14)15(19)18-9-7-17(6-4-2)8-10-18/h2,13-14,16H,3,5-12H2,1H3. The zero-order valence-electron chi connectivity index (χ0n) is 12.3. The average Bonchev–Trinajstić information content (AvgIpc) is 2.94. The summed E-state index contributed by atoms with van der Waals surface area (Å²) in [6.45, 7) is 8.23. The van der Waals surface area contributed by atoms with Crippen LogP contribution >= 0.6 is 0 Å².